The summed E-state index contributed by atoms with van der Waals surface area (Å²) in [6.45, 7) is 8.08. The van der Waals surface area contributed by atoms with Crippen molar-refractivity contribution in [3.05, 3.63) is 16.4 Å². The van der Waals surface area contributed by atoms with E-state index in [0.29, 0.717) is 12.6 Å². The molecule has 1 atom stereocenters. The smallest absolute Gasteiger partial charge is 0.0844 e. The van der Waals surface area contributed by atoms with Crippen molar-refractivity contribution in [3.63, 3.8) is 0 Å². The Bertz CT molecular complexity index is 452. The Labute approximate surface area is 126 Å². The molecule has 0 spiro atoms. The van der Waals surface area contributed by atoms with Crippen LogP contribution in [0.25, 0.3) is 0 Å². The monoisotopic (exact) mass is 299 g/mol. The number of hydrogen-bond acceptors (Lipinski definition) is 3. The average Bonchev–Trinajstić information content (AvgIpc) is 3.00. The first-order chi connectivity index (χ1) is 9.47. The summed E-state index contributed by atoms with van der Waals surface area (Å²) in [7, 11) is 0. The Balaban J connectivity index is 1.89. The minimum atomic E-state index is 0.0982. The van der Waals surface area contributed by atoms with Crippen molar-refractivity contribution in [2.24, 2.45) is 5.41 Å². The Morgan fingerprint density at radius 1 is 1.40 bits per heavy atom. The summed E-state index contributed by atoms with van der Waals surface area (Å²) in [6, 6.07) is 0.313. The van der Waals surface area contributed by atoms with Gasteiger partial charge in [0.1, 0.15) is 0 Å². The van der Waals surface area contributed by atoms with Crippen molar-refractivity contribution >= 4 is 11.6 Å². The number of aromatic nitrogens is 2. The number of hydrogen-bond donors (Lipinski definition) is 2. The highest BCUT2D eigenvalue weighted by atomic mass is 35.5. The lowest BCUT2D eigenvalue weighted by Crippen LogP contribution is -2.41. The molecule has 0 bridgehead atoms. The maximum Gasteiger partial charge on any atom is 0.0844 e. The van der Waals surface area contributed by atoms with Crippen molar-refractivity contribution in [1.82, 2.24) is 15.1 Å². The fourth-order valence-corrected chi connectivity index (χ4v) is 3.22. The molecule has 1 fully saturated rings. The molecule has 114 valence electrons. The van der Waals surface area contributed by atoms with Crippen LogP contribution in [0.2, 0.25) is 5.02 Å². The molecule has 1 aromatic rings. The zero-order valence-electron chi connectivity index (χ0n) is 12.7. The second kappa shape index (κ2) is 6.46. The van der Waals surface area contributed by atoms with Gasteiger partial charge in [-0.1, -0.05) is 24.4 Å². The topological polar surface area (TPSA) is 50.1 Å². The summed E-state index contributed by atoms with van der Waals surface area (Å²) in [5.74, 6) is 0. The van der Waals surface area contributed by atoms with E-state index in [9.17, 15) is 5.11 Å². The van der Waals surface area contributed by atoms with Crippen LogP contribution in [0.15, 0.2) is 0 Å². The van der Waals surface area contributed by atoms with Crippen LogP contribution < -0.4 is 5.32 Å². The fourth-order valence-electron chi connectivity index (χ4n) is 3.08. The first kappa shape index (κ1) is 15.8. The van der Waals surface area contributed by atoms with Gasteiger partial charge in [0.2, 0.25) is 0 Å². The Morgan fingerprint density at radius 3 is 2.55 bits per heavy atom. The molecular weight excluding hydrogens is 274 g/mol. The lowest BCUT2D eigenvalue weighted by molar-refractivity contribution is 0.124. The molecular formula is C15H26ClN3O. The van der Waals surface area contributed by atoms with Crippen LogP contribution >= 0.6 is 11.6 Å². The van der Waals surface area contributed by atoms with Gasteiger partial charge >= 0.3 is 0 Å². The van der Waals surface area contributed by atoms with E-state index in [2.05, 4.69) is 17.3 Å². The SMILES string of the molecule is Cc1nn(C[C@@H](C)NCC2(CO)CCCC2)c(C)c1Cl. The highest BCUT2D eigenvalue weighted by Gasteiger charge is 2.33. The summed E-state index contributed by atoms with van der Waals surface area (Å²) < 4.78 is 1.97. The summed E-state index contributed by atoms with van der Waals surface area (Å²) in [6.07, 6.45) is 4.75. The molecule has 1 heterocycles. The van der Waals surface area contributed by atoms with E-state index in [1.54, 1.807) is 0 Å². The molecule has 0 aromatic carbocycles. The van der Waals surface area contributed by atoms with E-state index in [-0.39, 0.29) is 5.41 Å². The van der Waals surface area contributed by atoms with Gasteiger partial charge in [-0.15, -0.1) is 0 Å². The fraction of sp³-hybridized carbons (Fsp3) is 0.800. The Kier molecular flexibility index (Phi) is 5.10. The normalized spacial score (nSPS) is 19.4. The zero-order valence-corrected chi connectivity index (χ0v) is 13.5. The van der Waals surface area contributed by atoms with Crippen molar-refractivity contribution in [1.29, 1.82) is 0 Å². The highest BCUT2D eigenvalue weighted by Crippen LogP contribution is 2.37. The lowest BCUT2D eigenvalue weighted by atomic mass is 9.87. The zero-order chi connectivity index (χ0) is 14.8. The lowest BCUT2D eigenvalue weighted by Gasteiger charge is -2.28. The second-order valence-corrected chi connectivity index (χ2v) is 6.69. The highest BCUT2D eigenvalue weighted by molar-refractivity contribution is 6.31. The number of aryl methyl sites for hydroxylation is 1. The van der Waals surface area contributed by atoms with Crippen molar-refractivity contribution < 1.29 is 5.11 Å². The Morgan fingerprint density at radius 2 is 2.05 bits per heavy atom. The van der Waals surface area contributed by atoms with Gasteiger partial charge in [-0.05, 0) is 33.6 Å². The number of halogens is 1. The van der Waals surface area contributed by atoms with Gasteiger partial charge in [0, 0.05) is 24.6 Å². The Hall–Kier alpha value is -0.580. The van der Waals surface area contributed by atoms with Crippen LogP contribution in [0.4, 0.5) is 0 Å². The quantitative estimate of drug-likeness (QED) is 0.849. The molecule has 2 N–H and O–H groups in total. The maximum absolute atomic E-state index is 9.63. The van der Waals surface area contributed by atoms with Gasteiger partial charge in [0.15, 0.2) is 0 Å². The summed E-state index contributed by atoms with van der Waals surface area (Å²) in [4.78, 5) is 0. The van der Waals surface area contributed by atoms with Crippen LogP contribution in [0.5, 0.6) is 0 Å². The predicted molar refractivity (Wildman–Crippen MR) is 82.2 cm³/mol. The van der Waals surface area contributed by atoms with Crippen LogP contribution in [0.1, 0.15) is 44.0 Å². The largest absolute Gasteiger partial charge is 0.396 e. The molecule has 0 radical (unpaired) electrons. The van der Waals surface area contributed by atoms with Crippen molar-refractivity contribution in [2.75, 3.05) is 13.2 Å². The number of nitrogens with one attached hydrogen (secondary N) is 1. The summed E-state index contributed by atoms with van der Waals surface area (Å²) in [5, 5.41) is 18.4. The van der Waals surface area contributed by atoms with E-state index in [0.717, 1.165) is 42.3 Å². The van der Waals surface area contributed by atoms with Crippen LogP contribution in [0, 0.1) is 19.3 Å². The van der Waals surface area contributed by atoms with E-state index >= 15 is 0 Å². The van der Waals surface area contributed by atoms with Gasteiger partial charge in [-0.3, -0.25) is 4.68 Å². The third-order valence-corrected chi connectivity index (χ3v) is 5.11. The van der Waals surface area contributed by atoms with Crippen LogP contribution in [0.3, 0.4) is 0 Å². The molecule has 20 heavy (non-hydrogen) atoms. The molecule has 4 nitrogen and oxygen atoms in total. The summed E-state index contributed by atoms with van der Waals surface area (Å²) >= 11 is 6.17. The molecule has 1 aliphatic carbocycles. The van der Waals surface area contributed by atoms with Crippen LogP contribution in [-0.4, -0.2) is 34.1 Å². The third-order valence-electron chi connectivity index (χ3n) is 4.57. The van der Waals surface area contributed by atoms with Gasteiger partial charge < -0.3 is 10.4 Å². The van der Waals surface area contributed by atoms with E-state index < -0.39 is 0 Å². The van der Waals surface area contributed by atoms with Gasteiger partial charge in [-0.25, -0.2) is 0 Å². The third kappa shape index (κ3) is 3.35. The molecule has 1 saturated carbocycles. The predicted octanol–water partition coefficient (Wildman–Crippen LogP) is 2.68. The van der Waals surface area contributed by atoms with E-state index in [4.69, 9.17) is 11.6 Å². The summed E-state index contributed by atoms with van der Waals surface area (Å²) in [5.41, 5.74) is 2.01. The number of aliphatic hydroxyl groups excluding tert-OH is 1. The first-order valence-electron chi connectivity index (χ1n) is 7.51. The van der Waals surface area contributed by atoms with Gasteiger partial charge in [-0.2, -0.15) is 5.10 Å². The number of nitrogens with zero attached hydrogens (tertiary/aromatic N) is 2. The molecule has 0 amide bonds. The molecule has 1 aromatic heterocycles. The van der Waals surface area contributed by atoms with Gasteiger partial charge in [0.05, 0.1) is 23.0 Å². The molecule has 0 unspecified atom stereocenters. The average molecular weight is 300 g/mol. The van der Waals surface area contributed by atoms with E-state index in [1.165, 1.54) is 12.8 Å². The van der Waals surface area contributed by atoms with E-state index in [1.807, 2.05) is 18.5 Å². The minimum Gasteiger partial charge on any atom is -0.396 e. The minimum absolute atomic E-state index is 0.0982. The second-order valence-electron chi connectivity index (χ2n) is 6.31. The van der Waals surface area contributed by atoms with Crippen LogP contribution in [-0.2, 0) is 6.54 Å². The molecule has 0 aliphatic heterocycles. The maximum atomic E-state index is 9.63. The first-order valence-corrected chi connectivity index (χ1v) is 7.89. The van der Waals surface area contributed by atoms with Crippen molar-refractivity contribution in [3.8, 4) is 0 Å². The van der Waals surface area contributed by atoms with Crippen molar-refractivity contribution in [2.45, 2.75) is 59.0 Å². The molecule has 0 saturated heterocycles. The number of aliphatic hydroxyl groups is 1. The molecule has 2 rings (SSSR count). The molecule has 5 heteroatoms. The standard InChI is InChI=1S/C15H26ClN3O/c1-11(8-19-13(3)14(16)12(2)18-19)17-9-15(10-20)6-4-5-7-15/h11,17,20H,4-10H2,1-3H3/t11-/m1/s1. The number of rotatable bonds is 6. The molecule has 1 aliphatic rings. The van der Waals surface area contributed by atoms with Gasteiger partial charge in [0.25, 0.3) is 0 Å².